The van der Waals surface area contributed by atoms with Crippen LogP contribution in [0.15, 0.2) is 60.9 Å². The number of aromatic amines is 1. The average molecular weight is 395 g/mol. The fourth-order valence-electron chi connectivity index (χ4n) is 3.83. The number of amides is 1. The molecule has 1 amide bonds. The lowest BCUT2D eigenvalue weighted by Crippen LogP contribution is -2.39. The lowest BCUT2D eigenvalue weighted by molar-refractivity contribution is 0.0690. The number of rotatable bonds is 5. The van der Waals surface area contributed by atoms with E-state index >= 15 is 0 Å². The highest BCUT2D eigenvalue weighted by molar-refractivity contribution is 5.94. The van der Waals surface area contributed by atoms with Crippen molar-refractivity contribution in [3.05, 3.63) is 77.9 Å². The summed E-state index contributed by atoms with van der Waals surface area (Å²) in [5, 5.41) is 0. The van der Waals surface area contributed by atoms with Crippen LogP contribution in [0, 0.1) is 5.92 Å². The van der Waals surface area contributed by atoms with Gasteiger partial charge < -0.3 is 9.88 Å². The number of likely N-dealkylation sites (tertiary alicyclic amines) is 1. The van der Waals surface area contributed by atoms with Gasteiger partial charge in [-0.15, -0.1) is 0 Å². The Bertz CT molecular complexity index is 929. The number of halogens is 2. The van der Waals surface area contributed by atoms with E-state index in [1.807, 2.05) is 35.4 Å². The topological polar surface area (TPSA) is 49.0 Å². The van der Waals surface area contributed by atoms with Gasteiger partial charge in [0.15, 0.2) is 0 Å². The van der Waals surface area contributed by atoms with Crippen LogP contribution in [0.3, 0.4) is 0 Å². The summed E-state index contributed by atoms with van der Waals surface area (Å²) >= 11 is 0. The molecule has 1 fully saturated rings. The van der Waals surface area contributed by atoms with Gasteiger partial charge in [-0.05, 0) is 42.0 Å². The largest absolute Gasteiger partial charge is 0.349 e. The maximum absolute atomic E-state index is 12.8. The van der Waals surface area contributed by atoms with Crippen LogP contribution in [0.5, 0.6) is 0 Å². The minimum absolute atomic E-state index is 0.0102. The van der Waals surface area contributed by atoms with E-state index in [1.54, 1.807) is 18.3 Å². The van der Waals surface area contributed by atoms with E-state index in [-0.39, 0.29) is 11.5 Å². The number of carbonyl (C=O) groups is 1. The molecule has 150 valence electrons. The van der Waals surface area contributed by atoms with E-state index in [0.29, 0.717) is 11.5 Å². The Morgan fingerprint density at radius 3 is 2.21 bits per heavy atom. The summed E-state index contributed by atoms with van der Waals surface area (Å²) in [6, 6.07) is 13.6. The number of piperidine rings is 1. The molecule has 0 saturated carbocycles. The monoisotopic (exact) mass is 395 g/mol. The van der Waals surface area contributed by atoms with Crippen molar-refractivity contribution in [1.29, 1.82) is 0 Å². The number of aromatic nitrogens is 2. The second kappa shape index (κ2) is 8.55. The second-order valence-electron chi connectivity index (χ2n) is 7.48. The van der Waals surface area contributed by atoms with Gasteiger partial charge in [-0.1, -0.05) is 36.4 Å². The van der Waals surface area contributed by atoms with Crippen molar-refractivity contribution in [2.75, 3.05) is 13.1 Å². The summed E-state index contributed by atoms with van der Waals surface area (Å²) in [5.41, 5.74) is 2.42. The molecule has 0 unspecified atom stereocenters. The minimum Gasteiger partial charge on any atom is -0.349 e. The van der Waals surface area contributed by atoms with Gasteiger partial charge in [-0.3, -0.25) is 4.79 Å². The Morgan fingerprint density at radius 1 is 1.03 bits per heavy atom. The van der Waals surface area contributed by atoms with E-state index in [2.05, 4.69) is 9.97 Å². The Kier molecular flexibility index (Phi) is 5.69. The molecular weight excluding hydrogens is 372 g/mol. The summed E-state index contributed by atoms with van der Waals surface area (Å²) in [4.78, 5) is 22.2. The third kappa shape index (κ3) is 4.53. The summed E-state index contributed by atoms with van der Waals surface area (Å²) in [6.07, 6.45) is 4.01. The smallest absolute Gasteiger partial charge is 0.263 e. The highest BCUT2D eigenvalue weighted by Crippen LogP contribution is 2.26. The molecule has 4 rings (SSSR count). The van der Waals surface area contributed by atoms with Gasteiger partial charge in [0.2, 0.25) is 0 Å². The van der Waals surface area contributed by atoms with Crippen LogP contribution in [0.4, 0.5) is 8.78 Å². The first-order valence-electron chi connectivity index (χ1n) is 9.86. The summed E-state index contributed by atoms with van der Waals surface area (Å²) in [5.74, 6) is 1.59. The number of carbonyl (C=O) groups excluding carboxylic acids is 1. The zero-order valence-corrected chi connectivity index (χ0v) is 16.0. The molecule has 1 N–H and O–H groups in total. The van der Waals surface area contributed by atoms with Gasteiger partial charge in [0.25, 0.3) is 12.3 Å². The van der Waals surface area contributed by atoms with Gasteiger partial charge in [-0.25, -0.2) is 13.8 Å². The van der Waals surface area contributed by atoms with Crippen LogP contribution in [-0.4, -0.2) is 33.9 Å². The molecule has 29 heavy (non-hydrogen) atoms. The highest BCUT2D eigenvalue weighted by Gasteiger charge is 2.24. The molecule has 1 aromatic heterocycles. The fraction of sp³-hybridized carbons (Fsp3) is 0.304. The molecule has 0 radical (unpaired) electrons. The lowest BCUT2D eigenvalue weighted by atomic mass is 9.93. The van der Waals surface area contributed by atoms with Gasteiger partial charge in [0.1, 0.15) is 5.82 Å². The van der Waals surface area contributed by atoms with Crippen molar-refractivity contribution >= 4 is 5.91 Å². The first kappa shape index (κ1) is 19.3. The van der Waals surface area contributed by atoms with E-state index in [4.69, 9.17) is 0 Å². The van der Waals surface area contributed by atoms with E-state index in [1.165, 1.54) is 12.1 Å². The standard InChI is InChI=1S/C23H23F2N3O/c24-22(25)19-5-1-17(2-6-19)18-3-7-20(8-4-18)23(29)28-13-9-16(10-14-28)15-21-26-11-12-27-21/h1-8,11-12,16,22H,9-10,13-15H2,(H,26,27). The third-order valence-electron chi connectivity index (χ3n) is 5.57. The zero-order valence-electron chi connectivity index (χ0n) is 16.0. The SMILES string of the molecule is O=C(c1ccc(-c2ccc(C(F)F)cc2)cc1)N1CCC(Cc2ncc[nH]2)CC1. The van der Waals surface area contributed by atoms with E-state index in [9.17, 15) is 13.6 Å². The number of hydrogen-bond donors (Lipinski definition) is 1. The quantitative estimate of drug-likeness (QED) is 0.653. The molecule has 1 aliphatic rings. The van der Waals surface area contributed by atoms with Crippen LogP contribution in [0.2, 0.25) is 0 Å². The van der Waals surface area contributed by atoms with Gasteiger partial charge >= 0.3 is 0 Å². The number of alkyl halides is 2. The molecule has 6 heteroatoms. The number of hydrogen-bond acceptors (Lipinski definition) is 2. The Balaban J connectivity index is 1.36. The number of H-pyrrole nitrogens is 1. The Hall–Kier alpha value is -3.02. The van der Waals surface area contributed by atoms with E-state index in [0.717, 1.165) is 49.3 Å². The fourth-order valence-corrected chi connectivity index (χ4v) is 3.83. The van der Waals surface area contributed by atoms with Gasteiger partial charge in [0, 0.05) is 43.0 Å². The molecule has 4 nitrogen and oxygen atoms in total. The number of benzene rings is 2. The zero-order chi connectivity index (χ0) is 20.2. The van der Waals surface area contributed by atoms with Crippen LogP contribution in [-0.2, 0) is 6.42 Å². The van der Waals surface area contributed by atoms with Crippen molar-refractivity contribution in [1.82, 2.24) is 14.9 Å². The molecule has 0 spiro atoms. The van der Waals surface area contributed by atoms with Crippen molar-refractivity contribution in [2.24, 2.45) is 5.92 Å². The van der Waals surface area contributed by atoms with Crippen LogP contribution in [0.1, 0.15) is 41.0 Å². The molecule has 3 aromatic rings. The molecule has 2 aromatic carbocycles. The molecule has 0 bridgehead atoms. The maximum atomic E-state index is 12.8. The summed E-state index contributed by atoms with van der Waals surface area (Å²) < 4.78 is 25.4. The predicted octanol–water partition coefficient (Wildman–Crippen LogP) is 5.11. The number of nitrogens with one attached hydrogen (secondary N) is 1. The molecule has 1 saturated heterocycles. The minimum atomic E-state index is -2.47. The number of nitrogens with zero attached hydrogens (tertiary/aromatic N) is 2. The normalized spacial score (nSPS) is 15.1. The molecule has 0 aliphatic carbocycles. The van der Waals surface area contributed by atoms with Crippen LogP contribution in [0.25, 0.3) is 11.1 Å². The summed E-state index contributed by atoms with van der Waals surface area (Å²) in [6.45, 7) is 1.50. The molecule has 1 aliphatic heterocycles. The predicted molar refractivity (Wildman–Crippen MR) is 108 cm³/mol. The second-order valence-corrected chi connectivity index (χ2v) is 7.48. The summed E-state index contributed by atoms with van der Waals surface area (Å²) in [7, 11) is 0. The van der Waals surface area contributed by atoms with Gasteiger partial charge in [0.05, 0.1) is 0 Å². The Morgan fingerprint density at radius 2 is 1.66 bits per heavy atom. The van der Waals surface area contributed by atoms with Crippen molar-refractivity contribution in [2.45, 2.75) is 25.7 Å². The average Bonchev–Trinajstić information content (AvgIpc) is 3.27. The van der Waals surface area contributed by atoms with E-state index < -0.39 is 6.43 Å². The van der Waals surface area contributed by atoms with Crippen molar-refractivity contribution < 1.29 is 13.6 Å². The van der Waals surface area contributed by atoms with Crippen molar-refractivity contribution in [3.8, 4) is 11.1 Å². The molecular formula is C23H23F2N3O. The molecule has 0 atom stereocenters. The molecule has 2 heterocycles. The van der Waals surface area contributed by atoms with Crippen LogP contribution < -0.4 is 0 Å². The number of imidazole rings is 1. The first-order chi connectivity index (χ1) is 14.1. The Labute approximate surface area is 168 Å². The van der Waals surface area contributed by atoms with Crippen LogP contribution >= 0.6 is 0 Å². The maximum Gasteiger partial charge on any atom is 0.263 e. The first-order valence-corrected chi connectivity index (χ1v) is 9.86. The van der Waals surface area contributed by atoms with Gasteiger partial charge in [-0.2, -0.15) is 0 Å². The lowest BCUT2D eigenvalue weighted by Gasteiger charge is -2.31. The third-order valence-corrected chi connectivity index (χ3v) is 5.57. The highest BCUT2D eigenvalue weighted by atomic mass is 19.3. The van der Waals surface area contributed by atoms with Crippen molar-refractivity contribution in [3.63, 3.8) is 0 Å².